The monoisotopic (exact) mass is 358 g/mol. The maximum atomic E-state index is 12.1. The summed E-state index contributed by atoms with van der Waals surface area (Å²) in [6.07, 6.45) is 3.42. The van der Waals surface area contributed by atoms with Crippen molar-refractivity contribution in [1.29, 1.82) is 0 Å². The van der Waals surface area contributed by atoms with E-state index in [0.717, 1.165) is 30.5 Å². The molecule has 1 aromatic carbocycles. The average Bonchev–Trinajstić information content (AvgIpc) is 3.07. The summed E-state index contributed by atoms with van der Waals surface area (Å²) < 4.78 is 0. The highest BCUT2D eigenvalue weighted by atomic mass is 32.1. The van der Waals surface area contributed by atoms with Gasteiger partial charge in [-0.2, -0.15) is 0 Å². The Labute approximate surface area is 151 Å². The number of thiophene rings is 1. The topological polar surface area (TPSA) is 69.6 Å². The molecule has 0 aliphatic carbocycles. The second kappa shape index (κ2) is 9.76. The molecule has 6 heteroatoms. The van der Waals surface area contributed by atoms with E-state index in [0.29, 0.717) is 12.1 Å². The minimum atomic E-state index is -1.00. The number of carboxylic acid groups (broad SMARTS) is 1. The Kier molecular flexibility index (Phi) is 7.37. The van der Waals surface area contributed by atoms with Gasteiger partial charge in [0.25, 0.3) is 5.91 Å². The van der Waals surface area contributed by atoms with Crippen LogP contribution in [0, 0.1) is 0 Å². The second-order valence-corrected chi connectivity index (χ2v) is 6.68. The van der Waals surface area contributed by atoms with Gasteiger partial charge in [-0.3, -0.25) is 4.79 Å². The van der Waals surface area contributed by atoms with Crippen molar-refractivity contribution < 1.29 is 14.7 Å². The lowest BCUT2D eigenvalue weighted by molar-refractivity contribution is -0.131. The van der Waals surface area contributed by atoms with E-state index in [2.05, 4.69) is 29.4 Å². The molecule has 0 radical (unpaired) electrons. The molecular formula is C19H22N2O3S. The zero-order chi connectivity index (χ0) is 18.1. The van der Waals surface area contributed by atoms with Crippen molar-refractivity contribution in [2.24, 2.45) is 0 Å². The predicted octanol–water partition coefficient (Wildman–Crippen LogP) is 3.10. The number of hydrogen-bond donors (Lipinski definition) is 2. The molecule has 0 bridgehead atoms. The number of carbonyl (C=O) groups is 2. The van der Waals surface area contributed by atoms with E-state index >= 15 is 0 Å². The number of aliphatic carboxylic acids is 1. The number of carbonyl (C=O) groups excluding carboxylic acids is 1. The summed E-state index contributed by atoms with van der Waals surface area (Å²) in [4.78, 5) is 25.5. The number of nitrogens with one attached hydrogen (secondary N) is 1. The average molecular weight is 358 g/mol. The minimum absolute atomic E-state index is 0.128. The number of amides is 1. The lowest BCUT2D eigenvalue weighted by atomic mass is 10.2. The van der Waals surface area contributed by atoms with Crippen molar-refractivity contribution >= 4 is 29.3 Å². The number of nitrogens with zero attached hydrogens (tertiary/aromatic N) is 1. The van der Waals surface area contributed by atoms with Crippen molar-refractivity contribution in [3.63, 3.8) is 0 Å². The number of hydrogen-bond acceptors (Lipinski definition) is 4. The molecule has 0 aliphatic rings. The van der Waals surface area contributed by atoms with Crippen LogP contribution in [0.2, 0.25) is 0 Å². The van der Waals surface area contributed by atoms with E-state index in [9.17, 15) is 9.59 Å². The number of carboxylic acids is 1. The third-order valence-corrected chi connectivity index (χ3v) is 4.47. The summed E-state index contributed by atoms with van der Waals surface area (Å²) in [6.45, 7) is 2.39. The molecule has 132 valence electrons. The third kappa shape index (κ3) is 6.91. The van der Waals surface area contributed by atoms with Gasteiger partial charge in [-0.15, -0.1) is 11.3 Å². The van der Waals surface area contributed by atoms with Gasteiger partial charge in [0.1, 0.15) is 0 Å². The Morgan fingerprint density at radius 3 is 2.76 bits per heavy atom. The predicted molar refractivity (Wildman–Crippen MR) is 101 cm³/mol. The van der Waals surface area contributed by atoms with E-state index in [1.807, 2.05) is 18.2 Å². The highest BCUT2D eigenvalue weighted by Crippen LogP contribution is 2.16. The summed E-state index contributed by atoms with van der Waals surface area (Å²) in [5.41, 5.74) is 1.84. The summed E-state index contributed by atoms with van der Waals surface area (Å²) in [7, 11) is 2.06. The summed E-state index contributed by atoms with van der Waals surface area (Å²) in [5, 5.41) is 13.2. The van der Waals surface area contributed by atoms with Crippen LogP contribution in [0.15, 0.2) is 47.9 Å². The molecule has 0 saturated carbocycles. The van der Waals surface area contributed by atoms with Crippen LogP contribution in [-0.4, -0.2) is 42.0 Å². The van der Waals surface area contributed by atoms with Gasteiger partial charge in [-0.25, -0.2) is 4.79 Å². The molecule has 1 aromatic heterocycles. The molecule has 1 amide bonds. The fourth-order valence-corrected chi connectivity index (χ4v) is 3.12. The first-order chi connectivity index (χ1) is 12.0. The molecule has 0 fully saturated rings. The molecule has 25 heavy (non-hydrogen) atoms. The van der Waals surface area contributed by atoms with Crippen LogP contribution in [0.25, 0.3) is 6.08 Å². The Morgan fingerprint density at radius 1 is 1.28 bits per heavy atom. The van der Waals surface area contributed by atoms with Gasteiger partial charge in [0.05, 0.1) is 5.56 Å². The van der Waals surface area contributed by atoms with Crippen LogP contribution in [0.5, 0.6) is 0 Å². The van der Waals surface area contributed by atoms with Crippen molar-refractivity contribution in [2.45, 2.75) is 13.0 Å². The maximum Gasteiger partial charge on any atom is 0.328 e. The highest BCUT2D eigenvalue weighted by Gasteiger charge is 2.07. The second-order valence-electron chi connectivity index (χ2n) is 5.74. The van der Waals surface area contributed by atoms with Crippen LogP contribution in [0.4, 0.5) is 0 Å². The molecule has 0 unspecified atom stereocenters. The molecule has 0 saturated heterocycles. The highest BCUT2D eigenvalue weighted by molar-refractivity contribution is 7.11. The van der Waals surface area contributed by atoms with Gasteiger partial charge >= 0.3 is 5.97 Å². The van der Waals surface area contributed by atoms with Crippen LogP contribution >= 0.6 is 11.3 Å². The quantitative estimate of drug-likeness (QED) is 0.534. The number of benzene rings is 1. The molecule has 0 spiro atoms. The van der Waals surface area contributed by atoms with E-state index in [1.165, 1.54) is 23.0 Å². The zero-order valence-corrected chi connectivity index (χ0v) is 15.0. The SMILES string of the molecule is CN(CCCNC(=O)c1csc(/C=C/C(=O)O)c1)Cc1ccccc1. The molecule has 2 N–H and O–H groups in total. The van der Waals surface area contributed by atoms with Crippen molar-refractivity contribution in [1.82, 2.24) is 10.2 Å². The Balaban J connectivity index is 1.69. The van der Waals surface area contributed by atoms with Gasteiger partial charge < -0.3 is 15.3 Å². The Bertz CT molecular complexity index is 725. The summed E-state index contributed by atoms with van der Waals surface area (Å²) in [6, 6.07) is 12.0. The lowest BCUT2D eigenvalue weighted by Crippen LogP contribution is -2.27. The fraction of sp³-hybridized carbons (Fsp3) is 0.263. The molecule has 0 aliphatic heterocycles. The maximum absolute atomic E-state index is 12.1. The molecular weight excluding hydrogens is 336 g/mol. The largest absolute Gasteiger partial charge is 0.478 e. The normalized spacial score (nSPS) is 11.1. The third-order valence-electron chi connectivity index (χ3n) is 3.57. The molecule has 1 heterocycles. The molecule has 5 nitrogen and oxygen atoms in total. The first-order valence-corrected chi connectivity index (χ1v) is 8.93. The van der Waals surface area contributed by atoms with E-state index in [1.54, 1.807) is 11.4 Å². The van der Waals surface area contributed by atoms with E-state index in [-0.39, 0.29) is 5.91 Å². The molecule has 0 atom stereocenters. The lowest BCUT2D eigenvalue weighted by Gasteiger charge is -2.16. The van der Waals surface area contributed by atoms with Crippen molar-refractivity contribution in [3.05, 3.63) is 63.9 Å². The zero-order valence-electron chi connectivity index (χ0n) is 14.1. The van der Waals surface area contributed by atoms with Crippen LogP contribution in [-0.2, 0) is 11.3 Å². The van der Waals surface area contributed by atoms with Gasteiger partial charge in [0.15, 0.2) is 0 Å². The smallest absolute Gasteiger partial charge is 0.328 e. The fourth-order valence-electron chi connectivity index (χ4n) is 2.34. The van der Waals surface area contributed by atoms with Crippen molar-refractivity contribution in [3.8, 4) is 0 Å². The molecule has 2 rings (SSSR count). The first-order valence-electron chi connectivity index (χ1n) is 8.05. The Morgan fingerprint density at radius 2 is 2.04 bits per heavy atom. The van der Waals surface area contributed by atoms with Crippen LogP contribution in [0.1, 0.15) is 27.2 Å². The Hall–Kier alpha value is -2.44. The standard InChI is InChI=1S/C19H22N2O3S/c1-21(13-15-6-3-2-4-7-15)11-5-10-20-19(24)16-12-17(25-14-16)8-9-18(22)23/h2-4,6-9,12,14H,5,10-11,13H2,1H3,(H,20,24)(H,22,23)/b9-8+. The van der Waals surface area contributed by atoms with Crippen molar-refractivity contribution in [2.75, 3.05) is 20.1 Å². The first kappa shape index (κ1) is 18.9. The van der Waals surface area contributed by atoms with Gasteiger partial charge in [-0.1, -0.05) is 30.3 Å². The van der Waals surface area contributed by atoms with E-state index < -0.39 is 5.97 Å². The molecule has 2 aromatic rings. The van der Waals surface area contributed by atoms with Gasteiger partial charge in [-0.05, 0) is 37.7 Å². The van der Waals surface area contributed by atoms with Crippen LogP contribution < -0.4 is 5.32 Å². The summed E-state index contributed by atoms with van der Waals surface area (Å²) >= 11 is 1.35. The minimum Gasteiger partial charge on any atom is -0.478 e. The summed E-state index contributed by atoms with van der Waals surface area (Å²) in [5.74, 6) is -1.13. The van der Waals surface area contributed by atoms with Gasteiger partial charge in [0.2, 0.25) is 0 Å². The van der Waals surface area contributed by atoms with E-state index in [4.69, 9.17) is 5.11 Å². The van der Waals surface area contributed by atoms with Gasteiger partial charge in [0, 0.05) is 29.4 Å². The number of rotatable bonds is 9. The van der Waals surface area contributed by atoms with Crippen LogP contribution in [0.3, 0.4) is 0 Å².